The van der Waals surface area contributed by atoms with Crippen LogP contribution >= 0.6 is 0 Å². The Morgan fingerprint density at radius 2 is 1.69 bits per heavy atom. The second-order valence-corrected chi connectivity index (χ2v) is 11.5. The molecule has 0 bridgehead atoms. The summed E-state index contributed by atoms with van der Waals surface area (Å²) in [6, 6.07) is 11.9. The lowest BCUT2D eigenvalue weighted by molar-refractivity contribution is -0.133. The molecule has 1 fully saturated rings. The van der Waals surface area contributed by atoms with E-state index in [1.165, 1.54) is 38.4 Å². The first-order chi connectivity index (χ1) is 16.8. The quantitative estimate of drug-likeness (QED) is 0.468. The normalized spacial score (nSPS) is 18.0. The summed E-state index contributed by atoms with van der Waals surface area (Å²) in [5.74, 6) is 0.0418. The number of carbonyl (C=O) groups is 3. The van der Waals surface area contributed by atoms with Gasteiger partial charge in [-0.1, -0.05) is 26.0 Å². The predicted molar refractivity (Wildman–Crippen MR) is 135 cm³/mol. The molecule has 2 aromatic carbocycles. The summed E-state index contributed by atoms with van der Waals surface area (Å²) in [6.45, 7) is 5.91. The zero-order chi connectivity index (χ0) is 26.7. The van der Waals surface area contributed by atoms with E-state index in [2.05, 4.69) is 24.5 Å². The minimum absolute atomic E-state index is 0.0757. The van der Waals surface area contributed by atoms with E-state index in [1.54, 1.807) is 31.2 Å². The number of anilines is 1. The van der Waals surface area contributed by atoms with Crippen LogP contribution in [-0.2, 0) is 25.2 Å². The van der Waals surface area contributed by atoms with Gasteiger partial charge in [0.2, 0.25) is 15.9 Å². The molecule has 0 radical (unpaired) electrons. The third-order valence-electron chi connectivity index (χ3n) is 5.89. The van der Waals surface area contributed by atoms with Crippen LogP contribution in [0.1, 0.15) is 32.8 Å². The third kappa shape index (κ3) is 5.85. The highest BCUT2D eigenvalue weighted by molar-refractivity contribution is 7.89. The number of nitrogens with one attached hydrogen (secondary N) is 2. The Kier molecular flexibility index (Phi) is 8.05. The van der Waals surface area contributed by atoms with Crippen molar-refractivity contribution in [3.63, 3.8) is 0 Å². The van der Waals surface area contributed by atoms with Crippen molar-refractivity contribution in [3.05, 3.63) is 54.1 Å². The molecule has 1 aliphatic rings. The van der Waals surface area contributed by atoms with E-state index in [0.717, 1.165) is 15.6 Å². The summed E-state index contributed by atoms with van der Waals surface area (Å²) >= 11 is 0. The fourth-order valence-electron chi connectivity index (χ4n) is 3.60. The molecule has 2 N–H and O–H groups in total. The highest BCUT2D eigenvalue weighted by atomic mass is 32.2. The van der Waals surface area contributed by atoms with Crippen LogP contribution < -0.4 is 15.4 Å². The maximum Gasteiger partial charge on any atom is 0.325 e. The van der Waals surface area contributed by atoms with E-state index in [1.807, 2.05) is 0 Å². The Hall–Kier alpha value is -3.44. The average Bonchev–Trinajstić information content (AvgIpc) is 3.03. The van der Waals surface area contributed by atoms with Gasteiger partial charge in [-0.2, -0.15) is 0 Å². The lowest BCUT2D eigenvalue weighted by Crippen LogP contribution is -2.42. The van der Waals surface area contributed by atoms with E-state index in [9.17, 15) is 22.8 Å². The molecule has 0 unspecified atom stereocenters. The predicted octanol–water partition coefficient (Wildman–Crippen LogP) is 2.77. The number of carbonyl (C=O) groups excluding carboxylic acids is 3. The Balaban J connectivity index is 1.64. The number of urea groups is 1. The number of ether oxygens (including phenoxy) is 1. The van der Waals surface area contributed by atoms with Crippen LogP contribution in [0.25, 0.3) is 0 Å². The fraction of sp³-hybridized carbons (Fsp3) is 0.400. The minimum Gasteiger partial charge on any atom is -0.494 e. The van der Waals surface area contributed by atoms with Crippen LogP contribution in [0, 0.1) is 5.92 Å². The largest absolute Gasteiger partial charge is 0.494 e. The van der Waals surface area contributed by atoms with Gasteiger partial charge in [-0.3, -0.25) is 14.5 Å². The molecule has 10 nitrogen and oxygen atoms in total. The summed E-state index contributed by atoms with van der Waals surface area (Å²) in [5.41, 5.74) is -0.422. The first kappa shape index (κ1) is 27.2. The molecule has 36 heavy (non-hydrogen) atoms. The standard InChI is InChI=1S/C25H32N4O6S/c1-17(2)14-15-35-20-10-6-18(7-11-20)25(3)23(31)29(24(32)27-25)16-22(30)26-19-8-12-21(13-9-19)36(33,34)28(4)5/h6-13,17H,14-16H2,1-5H3,(H,26,30)(H,27,32)/t25-/m1/s1. The van der Waals surface area contributed by atoms with Crippen LogP contribution in [0.4, 0.5) is 10.5 Å². The molecule has 1 atom stereocenters. The van der Waals surface area contributed by atoms with E-state index >= 15 is 0 Å². The van der Waals surface area contributed by atoms with Crippen molar-refractivity contribution < 1.29 is 27.5 Å². The van der Waals surface area contributed by atoms with Crippen molar-refractivity contribution >= 4 is 33.6 Å². The molecular formula is C25H32N4O6S. The molecule has 4 amide bonds. The minimum atomic E-state index is -3.60. The summed E-state index contributed by atoms with van der Waals surface area (Å²) < 4.78 is 31.2. The smallest absolute Gasteiger partial charge is 0.325 e. The Labute approximate surface area is 211 Å². The monoisotopic (exact) mass is 516 g/mol. The molecule has 0 aliphatic carbocycles. The summed E-state index contributed by atoms with van der Waals surface area (Å²) in [6.07, 6.45) is 0.921. The molecule has 1 saturated heterocycles. The van der Waals surface area contributed by atoms with Crippen molar-refractivity contribution in [1.82, 2.24) is 14.5 Å². The topological polar surface area (TPSA) is 125 Å². The SMILES string of the molecule is CC(C)CCOc1ccc([C@@]2(C)NC(=O)N(CC(=O)Nc3ccc(S(=O)(=O)N(C)C)cc3)C2=O)cc1. The lowest BCUT2D eigenvalue weighted by atomic mass is 9.92. The van der Waals surface area contributed by atoms with Crippen molar-refractivity contribution in [3.8, 4) is 5.75 Å². The number of imide groups is 1. The number of hydrogen-bond donors (Lipinski definition) is 2. The van der Waals surface area contributed by atoms with Gasteiger partial charge in [0.1, 0.15) is 17.8 Å². The van der Waals surface area contributed by atoms with Gasteiger partial charge in [0, 0.05) is 19.8 Å². The van der Waals surface area contributed by atoms with Crippen molar-refractivity contribution in [1.29, 1.82) is 0 Å². The molecule has 11 heteroatoms. The van der Waals surface area contributed by atoms with Gasteiger partial charge in [-0.25, -0.2) is 17.5 Å². The molecule has 194 valence electrons. The third-order valence-corrected chi connectivity index (χ3v) is 7.72. The number of hydrogen-bond acceptors (Lipinski definition) is 6. The number of rotatable bonds is 10. The number of benzene rings is 2. The zero-order valence-electron chi connectivity index (χ0n) is 21.1. The van der Waals surface area contributed by atoms with Gasteiger partial charge in [-0.15, -0.1) is 0 Å². The maximum absolute atomic E-state index is 13.1. The van der Waals surface area contributed by atoms with E-state index in [0.29, 0.717) is 29.5 Å². The average molecular weight is 517 g/mol. The highest BCUT2D eigenvalue weighted by Crippen LogP contribution is 2.30. The molecule has 0 aromatic heterocycles. The fourth-order valence-corrected chi connectivity index (χ4v) is 4.50. The Bertz CT molecular complexity index is 1230. The van der Waals surface area contributed by atoms with Gasteiger partial charge in [0.05, 0.1) is 11.5 Å². The molecule has 0 spiro atoms. The maximum atomic E-state index is 13.1. The first-order valence-corrected chi connectivity index (χ1v) is 13.0. The van der Waals surface area contributed by atoms with Gasteiger partial charge in [-0.05, 0) is 61.2 Å². The van der Waals surface area contributed by atoms with Crippen LogP contribution in [0.15, 0.2) is 53.4 Å². The van der Waals surface area contributed by atoms with Gasteiger partial charge >= 0.3 is 6.03 Å². The summed E-state index contributed by atoms with van der Waals surface area (Å²) in [5, 5.41) is 5.26. The number of nitrogens with zero attached hydrogens (tertiary/aromatic N) is 2. The molecule has 0 saturated carbocycles. The van der Waals surface area contributed by atoms with Crippen LogP contribution in [0.2, 0.25) is 0 Å². The first-order valence-electron chi connectivity index (χ1n) is 11.5. The van der Waals surface area contributed by atoms with E-state index < -0.39 is 40.0 Å². The zero-order valence-corrected chi connectivity index (χ0v) is 21.9. The Morgan fingerprint density at radius 3 is 2.25 bits per heavy atom. The second-order valence-electron chi connectivity index (χ2n) is 9.36. The lowest BCUT2D eigenvalue weighted by Gasteiger charge is -2.22. The van der Waals surface area contributed by atoms with Gasteiger partial charge < -0.3 is 15.4 Å². The van der Waals surface area contributed by atoms with Gasteiger partial charge in [0.25, 0.3) is 5.91 Å². The molecular weight excluding hydrogens is 484 g/mol. The van der Waals surface area contributed by atoms with E-state index in [4.69, 9.17) is 4.74 Å². The molecule has 1 heterocycles. The molecule has 2 aromatic rings. The number of amides is 4. The molecule has 1 aliphatic heterocycles. The highest BCUT2D eigenvalue weighted by Gasteiger charge is 2.49. The van der Waals surface area contributed by atoms with Crippen molar-refractivity contribution in [2.45, 2.75) is 37.6 Å². The second kappa shape index (κ2) is 10.7. The van der Waals surface area contributed by atoms with E-state index in [-0.39, 0.29) is 4.90 Å². The van der Waals surface area contributed by atoms with Gasteiger partial charge in [0.15, 0.2) is 0 Å². The van der Waals surface area contributed by atoms with Crippen LogP contribution in [0.5, 0.6) is 5.75 Å². The number of sulfonamides is 1. The van der Waals surface area contributed by atoms with Crippen LogP contribution in [-0.4, -0.2) is 62.7 Å². The Morgan fingerprint density at radius 1 is 1.08 bits per heavy atom. The summed E-state index contributed by atoms with van der Waals surface area (Å²) in [4.78, 5) is 39.2. The van der Waals surface area contributed by atoms with Crippen molar-refractivity contribution in [2.24, 2.45) is 5.92 Å². The van der Waals surface area contributed by atoms with Crippen LogP contribution in [0.3, 0.4) is 0 Å². The summed E-state index contributed by atoms with van der Waals surface area (Å²) in [7, 11) is -0.752. The van der Waals surface area contributed by atoms with Crippen molar-refractivity contribution in [2.75, 3.05) is 32.6 Å². The molecule has 3 rings (SSSR count).